The van der Waals surface area contributed by atoms with Gasteiger partial charge in [0, 0.05) is 17.8 Å². The minimum absolute atomic E-state index is 0.0400. The Bertz CT molecular complexity index is 909. The number of hydrogen-bond donors (Lipinski definition) is 1. The lowest BCUT2D eigenvalue weighted by Gasteiger charge is -2.18. The van der Waals surface area contributed by atoms with Crippen LogP contribution >= 0.6 is 0 Å². The summed E-state index contributed by atoms with van der Waals surface area (Å²) in [5, 5.41) is 3.04. The molecule has 3 rings (SSSR count). The molecule has 0 radical (unpaired) electrons. The van der Waals surface area contributed by atoms with Crippen LogP contribution in [0, 0.1) is 6.92 Å². The number of ether oxygens (including phenoxy) is 1. The van der Waals surface area contributed by atoms with E-state index in [1.807, 2.05) is 97.7 Å². The van der Waals surface area contributed by atoms with Crippen LogP contribution in [0.25, 0.3) is 11.1 Å². The number of hydrogen-bond acceptors (Lipinski definition) is 3. The Balaban J connectivity index is 1.52. The van der Waals surface area contributed by atoms with Crippen LogP contribution in [0.5, 0.6) is 5.75 Å². The number of likely N-dealkylation sites (N-methyl/N-ethyl adjacent to an activating group) is 1. The zero-order valence-corrected chi connectivity index (χ0v) is 16.4. The lowest BCUT2D eigenvalue weighted by Crippen LogP contribution is -2.33. The summed E-state index contributed by atoms with van der Waals surface area (Å²) in [5.74, 6) is 0.846. The highest BCUT2D eigenvalue weighted by Crippen LogP contribution is 2.27. The summed E-state index contributed by atoms with van der Waals surface area (Å²) in [7, 11) is 1.92. The molecule has 4 heteroatoms. The summed E-state index contributed by atoms with van der Waals surface area (Å²) >= 11 is 0. The van der Waals surface area contributed by atoms with Crippen LogP contribution in [-0.2, 0) is 4.79 Å². The number of para-hydroxylation sites is 2. The maximum atomic E-state index is 12.5. The number of carbonyl (C=O) groups excluding carboxylic acids is 1. The van der Waals surface area contributed by atoms with E-state index in [0.717, 1.165) is 28.1 Å². The van der Waals surface area contributed by atoms with E-state index in [-0.39, 0.29) is 5.91 Å². The van der Waals surface area contributed by atoms with Crippen molar-refractivity contribution in [3.8, 4) is 16.9 Å². The fraction of sp³-hybridized carbons (Fsp3) is 0.208. The third kappa shape index (κ3) is 5.44. The molecule has 1 amide bonds. The van der Waals surface area contributed by atoms with Crippen molar-refractivity contribution in [2.24, 2.45) is 0 Å². The third-order valence-electron chi connectivity index (χ3n) is 4.52. The molecule has 3 aromatic rings. The summed E-state index contributed by atoms with van der Waals surface area (Å²) in [5.41, 5.74) is 4.03. The van der Waals surface area contributed by atoms with Gasteiger partial charge in [-0.3, -0.25) is 9.69 Å². The van der Waals surface area contributed by atoms with Gasteiger partial charge in [0.15, 0.2) is 0 Å². The molecule has 0 aliphatic heterocycles. The van der Waals surface area contributed by atoms with Crippen LogP contribution in [-0.4, -0.2) is 37.6 Å². The van der Waals surface area contributed by atoms with Gasteiger partial charge in [-0.2, -0.15) is 0 Å². The zero-order chi connectivity index (χ0) is 19.8. The number of rotatable bonds is 8. The van der Waals surface area contributed by atoms with Gasteiger partial charge in [-0.15, -0.1) is 0 Å². The Morgan fingerprint density at radius 3 is 2.39 bits per heavy atom. The molecule has 0 spiro atoms. The quantitative estimate of drug-likeness (QED) is 0.626. The van der Waals surface area contributed by atoms with E-state index in [9.17, 15) is 4.79 Å². The average Bonchev–Trinajstić information content (AvgIpc) is 2.70. The molecule has 0 atom stereocenters. The minimum atomic E-state index is -0.0400. The summed E-state index contributed by atoms with van der Waals surface area (Å²) in [4.78, 5) is 14.5. The number of anilines is 1. The van der Waals surface area contributed by atoms with Gasteiger partial charge in [-0.1, -0.05) is 66.7 Å². The molecular formula is C24H26N2O2. The van der Waals surface area contributed by atoms with E-state index in [0.29, 0.717) is 19.7 Å². The first-order chi connectivity index (χ1) is 13.6. The lowest BCUT2D eigenvalue weighted by atomic mass is 10.0. The van der Waals surface area contributed by atoms with Crippen molar-refractivity contribution in [3.05, 3.63) is 84.4 Å². The normalized spacial score (nSPS) is 10.7. The SMILES string of the molecule is Cc1ccccc1OCCN(C)CC(=O)Nc1ccccc1-c1ccccc1. The molecule has 0 aliphatic rings. The highest BCUT2D eigenvalue weighted by Gasteiger charge is 2.10. The Morgan fingerprint density at radius 2 is 1.61 bits per heavy atom. The number of aryl methyl sites for hydroxylation is 1. The number of carbonyl (C=O) groups is 1. The van der Waals surface area contributed by atoms with Crippen molar-refractivity contribution in [1.82, 2.24) is 4.90 Å². The maximum Gasteiger partial charge on any atom is 0.238 e. The monoisotopic (exact) mass is 374 g/mol. The molecule has 1 N–H and O–H groups in total. The van der Waals surface area contributed by atoms with Crippen molar-refractivity contribution < 1.29 is 9.53 Å². The molecular weight excluding hydrogens is 348 g/mol. The molecule has 144 valence electrons. The highest BCUT2D eigenvalue weighted by molar-refractivity contribution is 5.96. The topological polar surface area (TPSA) is 41.6 Å². The molecule has 0 aliphatic carbocycles. The van der Waals surface area contributed by atoms with E-state index in [2.05, 4.69) is 5.32 Å². The fourth-order valence-corrected chi connectivity index (χ4v) is 3.01. The Morgan fingerprint density at radius 1 is 0.929 bits per heavy atom. The van der Waals surface area contributed by atoms with Gasteiger partial charge in [-0.25, -0.2) is 0 Å². The molecule has 0 saturated heterocycles. The van der Waals surface area contributed by atoms with Crippen LogP contribution < -0.4 is 10.1 Å². The molecule has 3 aromatic carbocycles. The number of nitrogens with one attached hydrogen (secondary N) is 1. The molecule has 0 unspecified atom stereocenters. The van der Waals surface area contributed by atoms with Crippen LogP contribution in [0.1, 0.15) is 5.56 Å². The van der Waals surface area contributed by atoms with Crippen molar-refractivity contribution in [3.63, 3.8) is 0 Å². The first-order valence-corrected chi connectivity index (χ1v) is 9.45. The second-order valence-corrected chi connectivity index (χ2v) is 6.81. The van der Waals surface area contributed by atoms with E-state index < -0.39 is 0 Å². The number of nitrogens with zero attached hydrogens (tertiary/aromatic N) is 1. The third-order valence-corrected chi connectivity index (χ3v) is 4.52. The van der Waals surface area contributed by atoms with Crippen molar-refractivity contribution in [1.29, 1.82) is 0 Å². The first-order valence-electron chi connectivity index (χ1n) is 9.45. The molecule has 0 bridgehead atoms. The van der Waals surface area contributed by atoms with E-state index in [1.54, 1.807) is 0 Å². The van der Waals surface area contributed by atoms with Crippen LogP contribution in [0.3, 0.4) is 0 Å². The smallest absolute Gasteiger partial charge is 0.238 e. The van der Waals surface area contributed by atoms with Gasteiger partial charge >= 0.3 is 0 Å². The Kier molecular flexibility index (Phi) is 6.82. The van der Waals surface area contributed by atoms with Gasteiger partial charge in [0.05, 0.1) is 6.54 Å². The molecule has 28 heavy (non-hydrogen) atoms. The van der Waals surface area contributed by atoms with Gasteiger partial charge < -0.3 is 10.1 Å². The van der Waals surface area contributed by atoms with Crippen LogP contribution in [0.2, 0.25) is 0 Å². The molecule has 0 heterocycles. The molecule has 0 saturated carbocycles. The van der Waals surface area contributed by atoms with Gasteiger partial charge in [0.2, 0.25) is 5.91 Å². The fourth-order valence-electron chi connectivity index (χ4n) is 3.01. The maximum absolute atomic E-state index is 12.5. The van der Waals surface area contributed by atoms with Crippen molar-refractivity contribution in [2.75, 3.05) is 32.1 Å². The number of benzene rings is 3. The van der Waals surface area contributed by atoms with Crippen LogP contribution in [0.15, 0.2) is 78.9 Å². The Labute approximate surface area is 166 Å². The zero-order valence-electron chi connectivity index (χ0n) is 16.4. The summed E-state index contributed by atoms with van der Waals surface area (Å²) < 4.78 is 5.81. The average molecular weight is 374 g/mol. The van der Waals surface area contributed by atoms with Crippen molar-refractivity contribution in [2.45, 2.75) is 6.92 Å². The summed E-state index contributed by atoms with van der Waals surface area (Å²) in [6, 6.07) is 25.9. The second kappa shape index (κ2) is 9.72. The summed E-state index contributed by atoms with van der Waals surface area (Å²) in [6.45, 7) is 3.54. The van der Waals surface area contributed by atoms with E-state index >= 15 is 0 Å². The highest BCUT2D eigenvalue weighted by atomic mass is 16.5. The van der Waals surface area contributed by atoms with E-state index in [1.165, 1.54) is 0 Å². The standard InChI is InChI=1S/C24H26N2O2/c1-19-10-6-9-15-23(19)28-17-16-26(2)18-24(27)25-22-14-8-7-13-21(22)20-11-4-3-5-12-20/h3-15H,16-18H2,1-2H3,(H,25,27). The van der Waals surface area contributed by atoms with Gasteiger partial charge in [0.1, 0.15) is 12.4 Å². The first kappa shape index (κ1) is 19.6. The van der Waals surface area contributed by atoms with Crippen LogP contribution in [0.4, 0.5) is 5.69 Å². The predicted molar refractivity (Wildman–Crippen MR) is 115 cm³/mol. The van der Waals surface area contributed by atoms with Gasteiger partial charge in [-0.05, 0) is 37.2 Å². The molecule has 0 aromatic heterocycles. The van der Waals surface area contributed by atoms with Gasteiger partial charge in [0.25, 0.3) is 0 Å². The second-order valence-electron chi connectivity index (χ2n) is 6.81. The van der Waals surface area contributed by atoms with Crippen molar-refractivity contribution >= 4 is 11.6 Å². The largest absolute Gasteiger partial charge is 0.492 e. The lowest BCUT2D eigenvalue weighted by molar-refractivity contribution is -0.117. The molecule has 0 fully saturated rings. The number of amides is 1. The molecule has 4 nitrogen and oxygen atoms in total. The minimum Gasteiger partial charge on any atom is -0.492 e. The summed E-state index contributed by atoms with van der Waals surface area (Å²) in [6.07, 6.45) is 0. The predicted octanol–water partition coefficient (Wildman–Crippen LogP) is 4.61. The van der Waals surface area contributed by atoms with E-state index in [4.69, 9.17) is 4.74 Å². The Hall–Kier alpha value is -3.11.